The molecule has 0 heterocycles. The number of halogens is 2. The summed E-state index contributed by atoms with van der Waals surface area (Å²) in [6.45, 7) is 0. The average molecular weight is 344 g/mol. The minimum atomic E-state index is -4.96. The molecule has 120 valence electrons. The van der Waals surface area contributed by atoms with Crippen LogP contribution in [0.2, 0.25) is 0 Å². The summed E-state index contributed by atoms with van der Waals surface area (Å²) in [6, 6.07) is 3.70. The molecule has 0 unspecified atom stereocenters. The Labute approximate surface area is 126 Å². The quantitative estimate of drug-likeness (QED) is 0.514. The molecule has 2 rings (SSSR count). The molecule has 0 aliphatic heterocycles. The average Bonchev–Trinajstić information content (AvgIpc) is 2.47. The van der Waals surface area contributed by atoms with Crippen molar-refractivity contribution < 1.29 is 28.1 Å². The lowest BCUT2D eigenvalue weighted by Gasteiger charge is -2.13. The summed E-state index contributed by atoms with van der Waals surface area (Å²) in [7, 11) is -4.96. The fourth-order valence-corrected chi connectivity index (χ4v) is 3.43. The molecule has 1 N–H and O–H groups in total. The Hall–Kier alpha value is -2.71. The molecule has 0 atom stereocenters. The van der Waals surface area contributed by atoms with E-state index in [4.69, 9.17) is 0 Å². The molecule has 0 amide bonds. The Morgan fingerprint density at radius 1 is 0.870 bits per heavy atom. The van der Waals surface area contributed by atoms with Gasteiger partial charge < -0.3 is 4.89 Å². The Bertz CT molecular complexity index is 805. The normalized spacial score (nSPS) is 11.3. The number of rotatable bonds is 4. The van der Waals surface area contributed by atoms with Gasteiger partial charge in [-0.25, -0.2) is 8.78 Å². The number of hydrogen-bond donors (Lipinski definition) is 1. The second kappa shape index (κ2) is 5.82. The van der Waals surface area contributed by atoms with E-state index in [1.807, 2.05) is 0 Å². The van der Waals surface area contributed by atoms with E-state index in [2.05, 4.69) is 0 Å². The second-order valence-corrected chi connectivity index (χ2v) is 6.48. The van der Waals surface area contributed by atoms with Gasteiger partial charge in [0.05, 0.1) is 20.5 Å². The van der Waals surface area contributed by atoms with Crippen molar-refractivity contribution in [2.24, 2.45) is 0 Å². The van der Waals surface area contributed by atoms with Gasteiger partial charge in [-0.05, 0) is 12.1 Å². The third-order valence-electron chi connectivity index (χ3n) is 2.93. The molecule has 2 aromatic rings. The third kappa shape index (κ3) is 3.08. The molecule has 0 radical (unpaired) electrons. The maximum Gasteiger partial charge on any atom is 0.270 e. The van der Waals surface area contributed by atoms with Crippen molar-refractivity contribution in [3.8, 4) is 0 Å². The Kier molecular flexibility index (Phi) is 4.22. The van der Waals surface area contributed by atoms with Gasteiger partial charge in [-0.15, -0.1) is 0 Å². The topological polar surface area (TPSA) is 124 Å². The fraction of sp³-hybridized carbons (Fsp3) is 0. The zero-order valence-corrected chi connectivity index (χ0v) is 11.9. The monoisotopic (exact) mass is 344 g/mol. The van der Waals surface area contributed by atoms with Gasteiger partial charge in [0.25, 0.3) is 18.7 Å². The largest absolute Gasteiger partial charge is 0.338 e. The molecule has 0 aliphatic rings. The van der Waals surface area contributed by atoms with Crippen LogP contribution in [-0.2, 0) is 4.57 Å². The first-order valence-corrected chi connectivity index (χ1v) is 7.52. The van der Waals surface area contributed by atoms with Crippen LogP contribution in [0.5, 0.6) is 0 Å². The van der Waals surface area contributed by atoms with Crippen molar-refractivity contribution in [1.82, 2.24) is 0 Å². The molecule has 0 bridgehead atoms. The molecule has 11 heteroatoms. The van der Waals surface area contributed by atoms with Crippen LogP contribution in [-0.4, -0.2) is 14.7 Å². The first kappa shape index (κ1) is 16.7. The van der Waals surface area contributed by atoms with Crippen LogP contribution < -0.4 is 10.6 Å². The fourth-order valence-electron chi connectivity index (χ4n) is 1.82. The van der Waals surface area contributed by atoms with Gasteiger partial charge >= 0.3 is 0 Å². The minimum Gasteiger partial charge on any atom is -0.338 e. The molecule has 8 nitrogen and oxygen atoms in total. The molecule has 0 aliphatic carbocycles. The zero-order chi connectivity index (χ0) is 17.4. The third-order valence-corrected chi connectivity index (χ3v) is 4.93. The lowest BCUT2D eigenvalue weighted by molar-refractivity contribution is -0.385. The molecule has 2 aromatic carbocycles. The Morgan fingerprint density at radius 3 is 1.52 bits per heavy atom. The van der Waals surface area contributed by atoms with Crippen LogP contribution in [0.25, 0.3) is 0 Å². The van der Waals surface area contributed by atoms with Crippen LogP contribution in [0.1, 0.15) is 0 Å². The van der Waals surface area contributed by atoms with E-state index in [-0.39, 0.29) is 0 Å². The highest BCUT2D eigenvalue weighted by molar-refractivity contribution is 7.73. The number of nitrogens with zero attached hydrogens (tertiary/aromatic N) is 2. The molecule has 0 spiro atoms. The summed E-state index contributed by atoms with van der Waals surface area (Å²) in [5, 5.41) is 19.4. The van der Waals surface area contributed by atoms with Crippen LogP contribution in [0.4, 0.5) is 20.2 Å². The smallest absolute Gasteiger partial charge is 0.270 e. The van der Waals surface area contributed by atoms with E-state index in [0.717, 1.165) is 12.1 Å². The number of benzene rings is 2. The van der Waals surface area contributed by atoms with E-state index in [0.29, 0.717) is 24.3 Å². The number of nitro groups is 2. The van der Waals surface area contributed by atoms with E-state index < -0.39 is 50.8 Å². The summed E-state index contributed by atoms with van der Waals surface area (Å²) < 4.78 is 40.0. The first-order chi connectivity index (χ1) is 10.6. The lowest BCUT2D eigenvalue weighted by atomic mass is 10.3. The maximum atomic E-state index is 13.8. The molecular weight excluding hydrogens is 337 g/mol. The Morgan fingerprint density at radius 2 is 1.22 bits per heavy atom. The lowest BCUT2D eigenvalue weighted by Crippen LogP contribution is -2.22. The van der Waals surface area contributed by atoms with E-state index in [9.17, 15) is 38.5 Å². The zero-order valence-electron chi connectivity index (χ0n) is 11.1. The van der Waals surface area contributed by atoms with E-state index >= 15 is 0 Å². The first-order valence-electron chi connectivity index (χ1n) is 5.86. The standard InChI is InChI=1S/C12H7F2N2O6P/c13-9-3-1-7(15(17)18)5-11(9)23(21,22)12-6-8(16(19)20)2-4-10(12)14/h1-6H,(H,21,22). The van der Waals surface area contributed by atoms with Gasteiger partial charge in [0.15, 0.2) is 0 Å². The van der Waals surface area contributed by atoms with Crippen LogP contribution in [0.3, 0.4) is 0 Å². The van der Waals surface area contributed by atoms with Crippen molar-refractivity contribution >= 4 is 29.4 Å². The van der Waals surface area contributed by atoms with Gasteiger partial charge in [-0.1, -0.05) is 0 Å². The number of non-ortho nitro benzene ring substituents is 2. The molecule has 23 heavy (non-hydrogen) atoms. The van der Waals surface area contributed by atoms with Gasteiger partial charge in [0.1, 0.15) is 11.6 Å². The minimum absolute atomic E-state index is 0.494. The molecule has 0 fully saturated rings. The summed E-state index contributed by atoms with van der Waals surface area (Å²) in [5.41, 5.74) is -1.36. The van der Waals surface area contributed by atoms with Gasteiger partial charge in [-0.2, -0.15) is 0 Å². The van der Waals surface area contributed by atoms with Gasteiger partial charge in [0, 0.05) is 24.3 Å². The van der Waals surface area contributed by atoms with Gasteiger partial charge in [-0.3, -0.25) is 24.8 Å². The second-order valence-electron chi connectivity index (χ2n) is 4.36. The summed E-state index contributed by atoms with van der Waals surface area (Å²) in [4.78, 5) is 29.6. The predicted molar refractivity (Wildman–Crippen MR) is 75.2 cm³/mol. The summed E-state index contributed by atoms with van der Waals surface area (Å²) in [5.74, 6) is -2.54. The molecule has 0 aromatic heterocycles. The van der Waals surface area contributed by atoms with Crippen molar-refractivity contribution in [2.45, 2.75) is 0 Å². The number of nitro benzene ring substituents is 2. The van der Waals surface area contributed by atoms with Crippen LogP contribution >= 0.6 is 7.37 Å². The molecular formula is C12H7F2N2O6P. The van der Waals surface area contributed by atoms with Crippen LogP contribution in [0.15, 0.2) is 36.4 Å². The SMILES string of the molecule is O=[N+]([O-])c1ccc(F)c(P(=O)(O)c2cc([N+](=O)[O-])ccc2F)c1. The highest BCUT2D eigenvalue weighted by Crippen LogP contribution is 2.41. The van der Waals surface area contributed by atoms with Crippen molar-refractivity contribution in [1.29, 1.82) is 0 Å². The summed E-state index contributed by atoms with van der Waals surface area (Å²) >= 11 is 0. The van der Waals surface area contributed by atoms with E-state index in [1.165, 1.54) is 0 Å². The number of hydrogen-bond acceptors (Lipinski definition) is 5. The maximum absolute atomic E-state index is 13.8. The van der Waals surface area contributed by atoms with Crippen molar-refractivity contribution in [3.05, 3.63) is 68.3 Å². The predicted octanol–water partition coefficient (Wildman–Crippen LogP) is 2.00. The molecule has 0 saturated heterocycles. The van der Waals surface area contributed by atoms with Gasteiger partial charge in [0.2, 0.25) is 0 Å². The van der Waals surface area contributed by atoms with Crippen molar-refractivity contribution in [2.75, 3.05) is 0 Å². The highest BCUT2D eigenvalue weighted by Gasteiger charge is 2.33. The van der Waals surface area contributed by atoms with Crippen LogP contribution in [0, 0.1) is 31.9 Å². The summed E-state index contributed by atoms with van der Waals surface area (Å²) in [6.07, 6.45) is 0. The Balaban J connectivity index is 2.70. The van der Waals surface area contributed by atoms with Crippen molar-refractivity contribution in [3.63, 3.8) is 0 Å². The highest BCUT2D eigenvalue weighted by atomic mass is 31.2. The van der Waals surface area contributed by atoms with E-state index in [1.54, 1.807) is 0 Å². The molecule has 0 saturated carbocycles.